The second-order valence-electron chi connectivity index (χ2n) is 6.80. The van der Waals surface area contributed by atoms with Gasteiger partial charge in [0.2, 0.25) is 0 Å². The predicted molar refractivity (Wildman–Crippen MR) is 82.9 cm³/mol. The normalized spacial score (nSPS) is 15.5. The Morgan fingerprint density at radius 2 is 1.90 bits per heavy atom. The molecule has 0 spiro atoms. The second-order valence-corrected chi connectivity index (χ2v) is 6.80. The van der Waals surface area contributed by atoms with Crippen LogP contribution in [0.15, 0.2) is 28.7 Å². The number of hydrogen-bond donors (Lipinski definition) is 2. The van der Waals surface area contributed by atoms with Gasteiger partial charge in [-0.15, -0.1) is 0 Å². The zero-order valence-corrected chi connectivity index (χ0v) is 13.1. The standard InChI is InChI=1S/C17H25NO2/c1-12-7-6-8-13-11-14(20-15(12)13)17(5,19)9-10-18-16(2,3)4/h6-8,11,18-19H,9-10H2,1-5H3. The van der Waals surface area contributed by atoms with Gasteiger partial charge in [-0.1, -0.05) is 18.2 Å². The molecule has 0 aliphatic carbocycles. The van der Waals surface area contributed by atoms with Gasteiger partial charge in [-0.05, 0) is 59.2 Å². The van der Waals surface area contributed by atoms with E-state index in [1.165, 1.54) is 0 Å². The number of aryl methyl sites for hydroxylation is 1. The molecular weight excluding hydrogens is 250 g/mol. The van der Waals surface area contributed by atoms with Crippen LogP contribution in [0.3, 0.4) is 0 Å². The highest BCUT2D eigenvalue weighted by Gasteiger charge is 2.27. The number of aliphatic hydroxyl groups is 1. The van der Waals surface area contributed by atoms with E-state index in [2.05, 4.69) is 26.1 Å². The third-order valence-electron chi connectivity index (χ3n) is 3.54. The van der Waals surface area contributed by atoms with Crippen LogP contribution in [0.25, 0.3) is 11.0 Å². The van der Waals surface area contributed by atoms with Crippen molar-refractivity contribution >= 4 is 11.0 Å². The maximum atomic E-state index is 10.6. The van der Waals surface area contributed by atoms with Gasteiger partial charge in [0, 0.05) is 10.9 Å². The molecule has 0 aliphatic rings. The van der Waals surface area contributed by atoms with Gasteiger partial charge in [0.1, 0.15) is 16.9 Å². The summed E-state index contributed by atoms with van der Waals surface area (Å²) in [6.07, 6.45) is 0.614. The summed E-state index contributed by atoms with van der Waals surface area (Å²) in [5.74, 6) is 0.637. The van der Waals surface area contributed by atoms with E-state index in [0.717, 1.165) is 23.1 Å². The molecule has 0 radical (unpaired) electrons. The van der Waals surface area contributed by atoms with Crippen LogP contribution in [0.5, 0.6) is 0 Å². The van der Waals surface area contributed by atoms with E-state index in [-0.39, 0.29) is 5.54 Å². The summed E-state index contributed by atoms with van der Waals surface area (Å²) in [7, 11) is 0. The average Bonchev–Trinajstić information content (AvgIpc) is 2.73. The number of hydrogen-bond acceptors (Lipinski definition) is 3. The number of fused-ring (bicyclic) bond motifs is 1. The quantitative estimate of drug-likeness (QED) is 0.893. The minimum Gasteiger partial charge on any atom is -0.458 e. The molecule has 1 aromatic heterocycles. The van der Waals surface area contributed by atoms with Crippen molar-refractivity contribution in [3.63, 3.8) is 0 Å². The zero-order chi connectivity index (χ0) is 15.0. The van der Waals surface area contributed by atoms with Gasteiger partial charge in [-0.25, -0.2) is 0 Å². The molecule has 1 unspecified atom stereocenters. The highest BCUT2D eigenvalue weighted by molar-refractivity contribution is 5.81. The molecule has 0 aliphatic heterocycles. The number of rotatable bonds is 4. The minimum atomic E-state index is -0.955. The van der Waals surface area contributed by atoms with E-state index in [1.807, 2.05) is 38.1 Å². The van der Waals surface area contributed by atoms with Crippen molar-refractivity contribution in [2.24, 2.45) is 0 Å². The van der Waals surface area contributed by atoms with Gasteiger partial charge in [-0.2, -0.15) is 0 Å². The van der Waals surface area contributed by atoms with E-state index in [0.29, 0.717) is 12.2 Å². The van der Waals surface area contributed by atoms with E-state index >= 15 is 0 Å². The van der Waals surface area contributed by atoms with Crippen molar-refractivity contribution in [1.82, 2.24) is 5.32 Å². The van der Waals surface area contributed by atoms with Gasteiger partial charge in [0.25, 0.3) is 0 Å². The third-order valence-corrected chi connectivity index (χ3v) is 3.54. The number of para-hydroxylation sites is 1. The number of nitrogens with one attached hydrogen (secondary N) is 1. The molecule has 2 aromatic rings. The summed E-state index contributed by atoms with van der Waals surface area (Å²) in [6, 6.07) is 7.98. The summed E-state index contributed by atoms with van der Waals surface area (Å²) < 4.78 is 5.87. The average molecular weight is 275 g/mol. The fourth-order valence-corrected chi connectivity index (χ4v) is 2.28. The molecule has 0 saturated carbocycles. The number of benzene rings is 1. The predicted octanol–water partition coefficient (Wildman–Crippen LogP) is 3.73. The topological polar surface area (TPSA) is 45.4 Å². The first kappa shape index (κ1) is 15.1. The maximum absolute atomic E-state index is 10.6. The van der Waals surface area contributed by atoms with E-state index in [4.69, 9.17) is 4.42 Å². The Labute approximate surface area is 121 Å². The lowest BCUT2D eigenvalue weighted by Crippen LogP contribution is -2.39. The largest absolute Gasteiger partial charge is 0.458 e. The van der Waals surface area contributed by atoms with Gasteiger partial charge in [-0.3, -0.25) is 0 Å². The van der Waals surface area contributed by atoms with Crippen molar-refractivity contribution < 1.29 is 9.52 Å². The smallest absolute Gasteiger partial charge is 0.137 e. The van der Waals surface area contributed by atoms with Crippen LogP contribution < -0.4 is 5.32 Å². The van der Waals surface area contributed by atoms with Crippen LogP contribution in [0.4, 0.5) is 0 Å². The Bertz CT molecular complexity index is 591. The molecule has 2 rings (SSSR count). The van der Waals surface area contributed by atoms with Gasteiger partial charge < -0.3 is 14.8 Å². The second kappa shape index (κ2) is 5.23. The lowest BCUT2D eigenvalue weighted by atomic mass is 9.98. The van der Waals surface area contributed by atoms with E-state index in [1.54, 1.807) is 0 Å². The van der Waals surface area contributed by atoms with E-state index in [9.17, 15) is 5.11 Å². The van der Waals surface area contributed by atoms with Crippen molar-refractivity contribution in [3.8, 4) is 0 Å². The highest BCUT2D eigenvalue weighted by atomic mass is 16.4. The van der Waals surface area contributed by atoms with Crippen LogP contribution in [0.1, 0.15) is 45.4 Å². The zero-order valence-electron chi connectivity index (χ0n) is 13.1. The van der Waals surface area contributed by atoms with Gasteiger partial charge >= 0.3 is 0 Å². The lowest BCUT2D eigenvalue weighted by molar-refractivity contribution is 0.0258. The van der Waals surface area contributed by atoms with Crippen LogP contribution in [0, 0.1) is 6.92 Å². The van der Waals surface area contributed by atoms with Crippen LogP contribution in [-0.2, 0) is 5.60 Å². The first-order valence-electron chi connectivity index (χ1n) is 7.16. The number of furan rings is 1. The molecule has 0 saturated heterocycles. The summed E-state index contributed by atoms with van der Waals surface area (Å²) in [5.41, 5.74) is 1.06. The van der Waals surface area contributed by atoms with Gasteiger partial charge in [0.15, 0.2) is 0 Å². The molecule has 1 aromatic carbocycles. The Morgan fingerprint density at radius 3 is 2.50 bits per heavy atom. The van der Waals surface area contributed by atoms with Crippen molar-refractivity contribution in [2.75, 3.05) is 6.54 Å². The van der Waals surface area contributed by atoms with Crippen molar-refractivity contribution in [2.45, 2.75) is 52.2 Å². The fourth-order valence-electron chi connectivity index (χ4n) is 2.28. The molecule has 20 heavy (non-hydrogen) atoms. The Morgan fingerprint density at radius 1 is 1.20 bits per heavy atom. The monoisotopic (exact) mass is 275 g/mol. The molecule has 3 heteroatoms. The Hall–Kier alpha value is -1.32. The first-order chi connectivity index (χ1) is 9.19. The van der Waals surface area contributed by atoms with Crippen molar-refractivity contribution in [1.29, 1.82) is 0 Å². The molecule has 0 amide bonds. The SMILES string of the molecule is Cc1cccc2cc(C(C)(O)CCNC(C)(C)C)oc12. The van der Waals surface area contributed by atoms with Gasteiger partial charge in [0.05, 0.1) is 0 Å². The molecule has 1 heterocycles. The molecular formula is C17H25NO2. The highest BCUT2D eigenvalue weighted by Crippen LogP contribution is 2.31. The third kappa shape index (κ3) is 3.41. The maximum Gasteiger partial charge on any atom is 0.137 e. The molecule has 2 N–H and O–H groups in total. The fraction of sp³-hybridized carbons (Fsp3) is 0.529. The molecule has 1 atom stereocenters. The summed E-state index contributed by atoms with van der Waals surface area (Å²) in [4.78, 5) is 0. The van der Waals surface area contributed by atoms with Crippen LogP contribution in [-0.4, -0.2) is 17.2 Å². The minimum absolute atomic E-state index is 0.0561. The molecule has 110 valence electrons. The lowest BCUT2D eigenvalue weighted by Gasteiger charge is -2.25. The molecule has 0 bridgehead atoms. The summed E-state index contributed by atoms with van der Waals surface area (Å²) >= 11 is 0. The summed E-state index contributed by atoms with van der Waals surface area (Å²) in [5, 5.41) is 15.1. The first-order valence-corrected chi connectivity index (χ1v) is 7.16. The van der Waals surface area contributed by atoms with E-state index < -0.39 is 5.60 Å². The molecule has 3 nitrogen and oxygen atoms in total. The Kier molecular flexibility index (Phi) is 3.94. The van der Waals surface area contributed by atoms with Crippen LogP contribution >= 0.6 is 0 Å². The molecule has 0 fully saturated rings. The summed E-state index contributed by atoms with van der Waals surface area (Å²) in [6.45, 7) is 10.9. The Balaban J connectivity index is 2.17. The van der Waals surface area contributed by atoms with Crippen molar-refractivity contribution in [3.05, 3.63) is 35.6 Å². The van der Waals surface area contributed by atoms with Crippen LogP contribution in [0.2, 0.25) is 0 Å².